The molecule has 0 saturated heterocycles. The Morgan fingerprint density at radius 3 is 2.25 bits per heavy atom. The monoisotopic (exact) mass is 382 g/mol. The molecular weight excluding hydrogens is 352 g/mol. The van der Waals surface area contributed by atoms with E-state index in [1.165, 1.54) is 16.7 Å². The predicted octanol–water partition coefficient (Wildman–Crippen LogP) is 3.73. The Labute approximate surface area is 167 Å². The molecule has 0 bridgehead atoms. The van der Waals surface area contributed by atoms with Crippen LogP contribution >= 0.6 is 0 Å². The summed E-state index contributed by atoms with van der Waals surface area (Å²) in [4.78, 5) is 7.09. The molecule has 0 radical (unpaired) electrons. The van der Waals surface area contributed by atoms with Crippen LogP contribution in [0.3, 0.4) is 0 Å². The van der Waals surface area contributed by atoms with E-state index in [-0.39, 0.29) is 0 Å². The van der Waals surface area contributed by atoms with Crippen molar-refractivity contribution in [1.29, 1.82) is 0 Å². The second-order valence-corrected chi connectivity index (χ2v) is 7.24. The quantitative estimate of drug-likeness (QED) is 0.594. The number of ether oxygens (including phenoxy) is 2. The molecule has 6 heteroatoms. The molecule has 3 aromatic rings. The van der Waals surface area contributed by atoms with Crippen molar-refractivity contribution in [3.8, 4) is 11.1 Å². The number of methoxy groups -OCH3 is 2. The van der Waals surface area contributed by atoms with Crippen LogP contribution in [0.15, 0.2) is 24.3 Å². The first-order valence-electron chi connectivity index (χ1n) is 9.63. The van der Waals surface area contributed by atoms with E-state index in [1.54, 1.807) is 14.2 Å². The third-order valence-electron chi connectivity index (χ3n) is 4.98. The number of hydrogen-bond donors (Lipinski definition) is 0. The zero-order valence-electron chi connectivity index (χ0n) is 17.7. The number of aryl methyl sites for hydroxylation is 4. The van der Waals surface area contributed by atoms with Crippen LogP contribution < -0.4 is 4.90 Å². The van der Waals surface area contributed by atoms with Gasteiger partial charge in [-0.15, -0.1) is 0 Å². The standard InChI is InChI=1S/C22H30N4O2/c1-15-7-8-19(16(2)13-15)21-18(4)24-26-20(14-17(3)23-22(21)26)25(9-11-27-5)10-12-28-6/h7-8,13-14H,9-12H2,1-6H3. The first-order chi connectivity index (χ1) is 13.5. The van der Waals surface area contributed by atoms with Crippen molar-refractivity contribution in [2.45, 2.75) is 27.7 Å². The van der Waals surface area contributed by atoms with E-state index in [4.69, 9.17) is 19.6 Å². The van der Waals surface area contributed by atoms with E-state index >= 15 is 0 Å². The number of benzene rings is 1. The van der Waals surface area contributed by atoms with Gasteiger partial charge in [0.05, 0.1) is 18.9 Å². The summed E-state index contributed by atoms with van der Waals surface area (Å²) in [5.41, 5.74) is 7.60. The summed E-state index contributed by atoms with van der Waals surface area (Å²) in [7, 11) is 3.44. The van der Waals surface area contributed by atoms with E-state index in [2.05, 4.69) is 49.9 Å². The Bertz CT molecular complexity index is 957. The van der Waals surface area contributed by atoms with Gasteiger partial charge in [-0.2, -0.15) is 9.61 Å². The van der Waals surface area contributed by atoms with Crippen LogP contribution in [-0.4, -0.2) is 55.1 Å². The van der Waals surface area contributed by atoms with Crippen molar-refractivity contribution in [3.63, 3.8) is 0 Å². The van der Waals surface area contributed by atoms with Crippen molar-refractivity contribution < 1.29 is 9.47 Å². The van der Waals surface area contributed by atoms with Crippen LogP contribution in [-0.2, 0) is 9.47 Å². The fourth-order valence-electron chi connectivity index (χ4n) is 3.60. The van der Waals surface area contributed by atoms with Gasteiger partial charge in [0.25, 0.3) is 0 Å². The normalized spacial score (nSPS) is 11.4. The highest BCUT2D eigenvalue weighted by Gasteiger charge is 2.20. The molecule has 0 aliphatic carbocycles. The summed E-state index contributed by atoms with van der Waals surface area (Å²) >= 11 is 0. The fraction of sp³-hybridized carbons (Fsp3) is 0.455. The van der Waals surface area contributed by atoms with Crippen molar-refractivity contribution in [2.24, 2.45) is 0 Å². The molecule has 150 valence electrons. The first-order valence-corrected chi connectivity index (χ1v) is 9.63. The molecule has 2 aromatic heterocycles. The van der Waals surface area contributed by atoms with Crippen LogP contribution in [0.25, 0.3) is 16.8 Å². The van der Waals surface area contributed by atoms with Crippen molar-refractivity contribution >= 4 is 11.5 Å². The third-order valence-corrected chi connectivity index (χ3v) is 4.98. The molecule has 28 heavy (non-hydrogen) atoms. The molecule has 1 aromatic carbocycles. The molecule has 6 nitrogen and oxygen atoms in total. The van der Waals surface area contributed by atoms with Crippen LogP contribution in [0.1, 0.15) is 22.5 Å². The molecule has 0 amide bonds. The number of nitrogens with zero attached hydrogens (tertiary/aromatic N) is 4. The number of fused-ring (bicyclic) bond motifs is 1. The van der Waals surface area contributed by atoms with Gasteiger partial charge in [-0.1, -0.05) is 23.8 Å². The minimum Gasteiger partial charge on any atom is -0.383 e. The average molecular weight is 383 g/mol. The van der Waals surface area contributed by atoms with E-state index in [0.717, 1.165) is 41.5 Å². The highest BCUT2D eigenvalue weighted by Crippen LogP contribution is 2.32. The van der Waals surface area contributed by atoms with Crippen LogP contribution in [0, 0.1) is 27.7 Å². The van der Waals surface area contributed by atoms with E-state index in [1.807, 2.05) is 11.4 Å². The lowest BCUT2D eigenvalue weighted by molar-refractivity contribution is 0.190. The summed E-state index contributed by atoms with van der Waals surface area (Å²) < 4.78 is 12.6. The molecule has 0 saturated carbocycles. The summed E-state index contributed by atoms with van der Waals surface area (Å²) in [6.07, 6.45) is 0. The number of anilines is 1. The Morgan fingerprint density at radius 2 is 1.64 bits per heavy atom. The zero-order chi connectivity index (χ0) is 20.3. The number of rotatable bonds is 8. The molecule has 0 atom stereocenters. The van der Waals surface area contributed by atoms with Gasteiger partial charge in [0.2, 0.25) is 0 Å². The topological polar surface area (TPSA) is 51.9 Å². The summed E-state index contributed by atoms with van der Waals surface area (Å²) in [6, 6.07) is 8.60. The highest BCUT2D eigenvalue weighted by atomic mass is 16.5. The molecule has 0 aliphatic rings. The maximum Gasteiger partial charge on any atom is 0.165 e. The number of aromatic nitrogens is 3. The van der Waals surface area contributed by atoms with E-state index in [0.29, 0.717) is 13.2 Å². The molecule has 0 spiro atoms. The lowest BCUT2D eigenvalue weighted by atomic mass is 9.99. The fourth-order valence-corrected chi connectivity index (χ4v) is 3.60. The maximum absolute atomic E-state index is 5.31. The number of hydrogen-bond acceptors (Lipinski definition) is 5. The molecular formula is C22H30N4O2. The molecule has 0 fully saturated rings. The molecule has 3 rings (SSSR count). The van der Waals surface area contributed by atoms with Crippen LogP contribution in [0.2, 0.25) is 0 Å². The van der Waals surface area contributed by atoms with Gasteiger partial charge >= 0.3 is 0 Å². The maximum atomic E-state index is 5.31. The van der Waals surface area contributed by atoms with Crippen molar-refractivity contribution in [1.82, 2.24) is 14.6 Å². The van der Waals surface area contributed by atoms with Gasteiger partial charge in [-0.25, -0.2) is 4.98 Å². The van der Waals surface area contributed by atoms with Gasteiger partial charge in [0, 0.05) is 44.6 Å². The molecule has 0 N–H and O–H groups in total. The van der Waals surface area contributed by atoms with E-state index in [9.17, 15) is 0 Å². The predicted molar refractivity (Wildman–Crippen MR) is 113 cm³/mol. The van der Waals surface area contributed by atoms with Crippen LogP contribution in [0.5, 0.6) is 0 Å². The lowest BCUT2D eigenvalue weighted by Gasteiger charge is -2.25. The first kappa shape index (κ1) is 20.3. The van der Waals surface area contributed by atoms with Gasteiger partial charge in [-0.05, 0) is 38.8 Å². The Morgan fingerprint density at radius 1 is 0.964 bits per heavy atom. The second-order valence-electron chi connectivity index (χ2n) is 7.24. The lowest BCUT2D eigenvalue weighted by Crippen LogP contribution is -2.32. The second kappa shape index (κ2) is 8.71. The Kier molecular flexibility index (Phi) is 6.31. The smallest absolute Gasteiger partial charge is 0.165 e. The molecule has 2 heterocycles. The van der Waals surface area contributed by atoms with E-state index < -0.39 is 0 Å². The van der Waals surface area contributed by atoms with Crippen LogP contribution in [0.4, 0.5) is 5.82 Å². The Balaban J connectivity index is 2.18. The average Bonchev–Trinajstić information content (AvgIpc) is 2.97. The molecule has 0 aliphatic heterocycles. The van der Waals surface area contributed by atoms with Gasteiger partial charge in [-0.3, -0.25) is 0 Å². The van der Waals surface area contributed by atoms with Gasteiger partial charge in [0.1, 0.15) is 5.82 Å². The minimum absolute atomic E-state index is 0.636. The minimum atomic E-state index is 0.636. The summed E-state index contributed by atoms with van der Waals surface area (Å²) in [5, 5.41) is 4.86. The van der Waals surface area contributed by atoms with Crippen molar-refractivity contribution in [2.75, 3.05) is 45.4 Å². The van der Waals surface area contributed by atoms with Gasteiger partial charge in [0.15, 0.2) is 5.65 Å². The summed E-state index contributed by atoms with van der Waals surface area (Å²) in [5.74, 6) is 1.01. The van der Waals surface area contributed by atoms with Gasteiger partial charge < -0.3 is 14.4 Å². The molecule has 0 unspecified atom stereocenters. The highest BCUT2D eigenvalue weighted by molar-refractivity contribution is 5.83. The SMILES string of the molecule is COCCN(CCOC)c1cc(C)nc2c(-c3ccc(C)cc3C)c(C)nn12. The Hall–Kier alpha value is -2.44. The third kappa shape index (κ3) is 4.03. The summed E-state index contributed by atoms with van der Waals surface area (Å²) in [6.45, 7) is 11.1. The zero-order valence-corrected chi connectivity index (χ0v) is 17.7. The van der Waals surface area contributed by atoms with Crippen molar-refractivity contribution in [3.05, 3.63) is 46.8 Å². The largest absolute Gasteiger partial charge is 0.383 e.